The van der Waals surface area contributed by atoms with Gasteiger partial charge in [-0.25, -0.2) is 9.97 Å². The number of nitrogens with zero attached hydrogens (tertiary/aromatic N) is 2. The summed E-state index contributed by atoms with van der Waals surface area (Å²) < 4.78 is 1.06. The summed E-state index contributed by atoms with van der Waals surface area (Å²) in [6, 6.07) is 5.35. The first-order chi connectivity index (χ1) is 9.55. The standard InChI is InChI=1S/C14H14Cl2IN3/c1-3-4-11-12(17)14(18-2)20-13(19-11)8-5-9(15)7-10(16)6-8/h5-7H,3-4H2,1-2H3,(H,18,19,20). The molecule has 0 atom stereocenters. The lowest BCUT2D eigenvalue weighted by Crippen LogP contribution is -2.05. The van der Waals surface area contributed by atoms with Crippen molar-refractivity contribution in [2.75, 3.05) is 12.4 Å². The Bertz CT molecular complexity index is 612. The van der Waals surface area contributed by atoms with E-state index < -0.39 is 0 Å². The number of rotatable bonds is 4. The number of nitrogens with one attached hydrogen (secondary N) is 1. The Morgan fingerprint density at radius 1 is 1.15 bits per heavy atom. The maximum absolute atomic E-state index is 6.05. The van der Waals surface area contributed by atoms with Gasteiger partial charge in [-0.3, -0.25) is 0 Å². The topological polar surface area (TPSA) is 37.8 Å². The van der Waals surface area contributed by atoms with Crippen LogP contribution in [0.1, 0.15) is 19.0 Å². The molecule has 20 heavy (non-hydrogen) atoms. The molecule has 0 aliphatic heterocycles. The minimum Gasteiger partial charge on any atom is -0.372 e. The lowest BCUT2D eigenvalue weighted by atomic mass is 10.2. The molecular formula is C14H14Cl2IN3. The number of hydrogen-bond acceptors (Lipinski definition) is 3. The predicted octanol–water partition coefficient (Wildman–Crippen LogP) is 5.05. The minimum atomic E-state index is 0.581. The van der Waals surface area contributed by atoms with E-state index in [4.69, 9.17) is 23.2 Å². The molecule has 106 valence electrons. The summed E-state index contributed by atoms with van der Waals surface area (Å²) in [6.45, 7) is 2.13. The van der Waals surface area contributed by atoms with Gasteiger partial charge in [0.25, 0.3) is 0 Å². The SMILES string of the molecule is CCCc1nc(-c2cc(Cl)cc(Cl)c2)nc(NC)c1I. The first-order valence-electron chi connectivity index (χ1n) is 6.25. The number of benzene rings is 1. The molecule has 6 heteroatoms. The first kappa shape index (κ1) is 15.8. The molecule has 0 spiro atoms. The smallest absolute Gasteiger partial charge is 0.161 e. The molecule has 1 heterocycles. The van der Waals surface area contributed by atoms with Crippen LogP contribution in [-0.4, -0.2) is 17.0 Å². The van der Waals surface area contributed by atoms with Gasteiger partial charge in [0.1, 0.15) is 5.82 Å². The molecule has 0 aliphatic carbocycles. The number of halogens is 3. The van der Waals surface area contributed by atoms with E-state index in [9.17, 15) is 0 Å². The van der Waals surface area contributed by atoms with Crippen LogP contribution in [0.15, 0.2) is 18.2 Å². The van der Waals surface area contributed by atoms with Crippen LogP contribution in [0, 0.1) is 3.57 Å². The van der Waals surface area contributed by atoms with E-state index in [1.54, 1.807) is 6.07 Å². The number of hydrogen-bond donors (Lipinski definition) is 1. The molecule has 1 aromatic heterocycles. The lowest BCUT2D eigenvalue weighted by Gasteiger charge is -2.11. The van der Waals surface area contributed by atoms with Crippen LogP contribution in [0.2, 0.25) is 10.0 Å². The van der Waals surface area contributed by atoms with Crippen molar-refractivity contribution in [2.24, 2.45) is 0 Å². The predicted molar refractivity (Wildman–Crippen MR) is 93.7 cm³/mol. The van der Waals surface area contributed by atoms with E-state index in [0.29, 0.717) is 15.9 Å². The Hall–Kier alpha value is -0.590. The van der Waals surface area contributed by atoms with E-state index in [1.165, 1.54) is 0 Å². The van der Waals surface area contributed by atoms with Gasteiger partial charge in [-0.15, -0.1) is 0 Å². The fourth-order valence-electron chi connectivity index (χ4n) is 1.87. The second-order valence-corrected chi connectivity index (χ2v) is 6.27. The summed E-state index contributed by atoms with van der Waals surface area (Å²) in [7, 11) is 1.86. The molecule has 3 nitrogen and oxygen atoms in total. The van der Waals surface area contributed by atoms with Gasteiger partial charge >= 0.3 is 0 Å². The Morgan fingerprint density at radius 3 is 2.35 bits per heavy atom. The third-order valence-electron chi connectivity index (χ3n) is 2.76. The molecule has 0 fully saturated rings. The quantitative estimate of drug-likeness (QED) is 0.702. The average molecular weight is 422 g/mol. The van der Waals surface area contributed by atoms with Crippen molar-refractivity contribution in [2.45, 2.75) is 19.8 Å². The van der Waals surface area contributed by atoms with E-state index in [0.717, 1.165) is 33.5 Å². The molecule has 0 saturated heterocycles. The second kappa shape index (κ2) is 6.91. The van der Waals surface area contributed by atoms with Crippen LogP contribution in [0.4, 0.5) is 5.82 Å². The van der Waals surface area contributed by atoms with Crippen molar-refractivity contribution in [1.29, 1.82) is 0 Å². The molecule has 1 aromatic carbocycles. The van der Waals surface area contributed by atoms with Gasteiger partial charge < -0.3 is 5.32 Å². The fraction of sp³-hybridized carbons (Fsp3) is 0.286. The highest BCUT2D eigenvalue weighted by Crippen LogP contribution is 2.28. The maximum atomic E-state index is 6.05. The summed E-state index contributed by atoms with van der Waals surface area (Å²) in [5.41, 5.74) is 1.87. The van der Waals surface area contributed by atoms with Gasteiger partial charge in [0.15, 0.2) is 5.82 Å². The first-order valence-corrected chi connectivity index (χ1v) is 8.09. The van der Waals surface area contributed by atoms with Gasteiger partial charge in [0.05, 0.1) is 9.26 Å². The Kier molecular flexibility index (Phi) is 5.46. The van der Waals surface area contributed by atoms with Crippen molar-refractivity contribution in [3.05, 3.63) is 37.5 Å². The van der Waals surface area contributed by atoms with Crippen molar-refractivity contribution >= 4 is 51.6 Å². The highest BCUT2D eigenvalue weighted by atomic mass is 127. The van der Waals surface area contributed by atoms with Crippen LogP contribution < -0.4 is 5.32 Å². The molecule has 1 N–H and O–H groups in total. The van der Waals surface area contributed by atoms with Gasteiger partial charge in [0.2, 0.25) is 0 Å². The molecule has 0 amide bonds. The highest BCUT2D eigenvalue weighted by Gasteiger charge is 2.13. The summed E-state index contributed by atoms with van der Waals surface area (Å²) >= 11 is 14.4. The monoisotopic (exact) mass is 421 g/mol. The van der Waals surface area contributed by atoms with Crippen LogP contribution in [0.5, 0.6) is 0 Å². The zero-order valence-electron chi connectivity index (χ0n) is 11.2. The van der Waals surface area contributed by atoms with Crippen LogP contribution in [0.3, 0.4) is 0 Å². The van der Waals surface area contributed by atoms with E-state index in [2.05, 4.69) is 44.8 Å². The lowest BCUT2D eigenvalue weighted by molar-refractivity contribution is 0.868. The van der Waals surface area contributed by atoms with Crippen LogP contribution in [0.25, 0.3) is 11.4 Å². The third kappa shape index (κ3) is 3.54. The highest BCUT2D eigenvalue weighted by molar-refractivity contribution is 14.1. The van der Waals surface area contributed by atoms with E-state index in [-0.39, 0.29) is 0 Å². The number of aryl methyl sites for hydroxylation is 1. The van der Waals surface area contributed by atoms with Gasteiger partial charge in [-0.2, -0.15) is 0 Å². The summed E-state index contributed by atoms with van der Waals surface area (Å²) in [6.07, 6.45) is 1.95. The van der Waals surface area contributed by atoms with E-state index >= 15 is 0 Å². The molecule has 0 unspecified atom stereocenters. The fourth-order valence-corrected chi connectivity index (χ4v) is 3.18. The van der Waals surface area contributed by atoms with Crippen molar-refractivity contribution in [1.82, 2.24) is 9.97 Å². The van der Waals surface area contributed by atoms with Gasteiger partial charge in [-0.05, 0) is 47.2 Å². The molecule has 0 saturated carbocycles. The Balaban J connectivity index is 2.58. The van der Waals surface area contributed by atoms with Crippen LogP contribution >= 0.6 is 45.8 Å². The number of aromatic nitrogens is 2. The minimum absolute atomic E-state index is 0.581. The Labute approximate surface area is 142 Å². The van der Waals surface area contributed by atoms with Crippen molar-refractivity contribution in [3.8, 4) is 11.4 Å². The van der Waals surface area contributed by atoms with Crippen LogP contribution in [-0.2, 0) is 6.42 Å². The third-order valence-corrected chi connectivity index (χ3v) is 4.33. The van der Waals surface area contributed by atoms with Gasteiger partial charge in [-0.1, -0.05) is 36.5 Å². The normalized spacial score (nSPS) is 10.7. The molecule has 2 aromatic rings. The zero-order chi connectivity index (χ0) is 14.7. The molecule has 0 radical (unpaired) electrons. The second-order valence-electron chi connectivity index (χ2n) is 4.31. The molecule has 0 bridgehead atoms. The average Bonchev–Trinajstić information content (AvgIpc) is 2.40. The largest absolute Gasteiger partial charge is 0.372 e. The molecule has 0 aliphatic rings. The van der Waals surface area contributed by atoms with Crippen molar-refractivity contribution in [3.63, 3.8) is 0 Å². The van der Waals surface area contributed by atoms with Crippen molar-refractivity contribution < 1.29 is 0 Å². The number of anilines is 1. The Morgan fingerprint density at radius 2 is 1.80 bits per heavy atom. The summed E-state index contributed by atoms with van der Waals surface area (Å²) in [5, 5.41) is 4.27. The molecule has 2 rings (SSSR count). The van der Waals surface area contributed by atoms with E-state index in [1.807, 2.05) is 19.2 Å². The summed E-state index contributed by atoms with van der Waals surface area (Å²) in [5.74, 6) is 1.47. The zero-order valence-corrected chi connectivity index (χ0v) is 14.8. The summed E-state index contributed by atoms with van der Waals surface area (Å²) in [4.78, 5) is 9.19. The maximum Gasteiger partial charge on any atom is 0.161 e. The van der Waals surface area contributed by atoms with Gasteiger partial charge in [0, 0.05) is 22.7 Å². The molecular weight excluding hydrogens is 408 g/mol.